The number of aromatic amines is 1. The maximum atomic E-state index is 6.01. The molecule has 4 heteroatoms. The number of aromatic nitrogens is 1. The number of ether oxygens (including phenoxy) is 2. The molecule has 22 heavy (non-hydrogen) atoms. The van der Waals surface area contributed by atoms with Crippen LogP contribution in [0, 0.1) is 6.92 Å². The second-order valence-electron chi connectivity index (χ2n) is 5.85. The largest absolute Gasteiger partial charge is 0.493 e. The van der Waals surface area contributed by atoms with Crippen molar-refractivity contribution in [3.8, 4) is 11.5 Å². The van der Waals surface area contributed by atoms with E-state index in [0.29, 0.717) is 6.61 Å². The van der Waals surface area contributed by atoms with Crippen molar-refractivity contribution in [2.75, 3.05) is 34.4 Å². The van der Waals surface area contributed by atoms with Gasteiger partial charge in [-0.2, -0.15) is 0 Å². The number of hydrogen-bond acceptors (Lipinski definition) is 3. The molecule has 0 aliphatic rings. The van der Waals surface area contributed by atoms with Gasteiger partial charge in [0.1, 0.15) is 6.61 Å². The first-order chi connectivity index (χ1) is 10.6. The average Bonchev–Trinajstić information content (AvgIpc) is 2.85. The van der Waals surface area contributed by atoms with Crippen molar-refractivity contribution in [1.29, 1.82) is 0 Å². The Balaban J connectivity index is 2.12. The third-order valence-corrected chi connectivity index (χ3v) is 3.85. The number of likely N-dealkylation sites (N-methyl/N-ethyl adjacent to an activating group) is 1. The van der Waals surface area contributed by atoms with Crippen LogP contribution < -0.4 is 9.47 Å². The standard InChI is InChI=1S/C18H22N2O2/c1-12-5-7-15-14(11-12)13-6-8-16(21-4)18(17(13)19-15)22-10-9-20(2)3/h5-8,11,19H,9-10H2,1-4H3. The average molecular weight is 298 g/mol. The topological polar surface area (TPSA) is 37.5 Å². The molecule has 0 spiro atoms. The van der Waals surface area contributed by atoms with E-state index >= 15 is 0 Å². The number of methoxy groups -OCH3 is 1. The van der Waals surface area contributed by atoms with Gasteiger partial charge in [0.2, 0.25) is 0 Å². The van der Waals surface area contributed by atoms with Crippen molar-refractivity contribution >= 4 is 21.8 Å². The van der Waals surface area contributed by atoms with Crippen molar-refractivity contribution in [3.63, 3.8) is 0 Å². The number of fused-ring (bicyclic) bond motifs is 3. The van der Waals surface area contributed by atoms with Crippen molar-refractivity contribution < 1.29 is 9.47 Å². The lowest BCUT2D eigenvalue weighted by atomic mass is 10.1. The first kappa shape index (κ1) is 14.7. The minimum absolute atomic E-state index is 0.622. The molecule has 3 aromatic rings. The second kappa shape index (κ2) is 5.89. The summed E-state index contributed by atoms with van der Waals surface area (Å²) < 4.78 is 11.5. The summed E-state index contributed by atoms with van der Waals surface area (Å²) in [5.41, 5.74) is 3.37. The van der Waals surface area contributed by atoms with Crippen LogP contribution in [0.1, 0.15) is 5.56 Å². The lowest BCUT2D eigenvalue weighted by Crippen LogP contribution is -2.19. The predicted octanol–water partition coefficient (Wildman–Crippen LogP) is 3.58. The maximum absolute atomic E-state index is 6.01. The molecule has 0 saturated carbocycles. The van der Waals surface area contributed by atoms with Gasteiger partial charge in [0, 0.05) is 22.8 Å². The number of H-pyrrole nitrogens is 1. The molecule has 0 aliphatic heterocycles. The Bertz CT molecular complexity index is 806. The Morgan fingerprint density at radius 1 is 1.09 bits per heavy atom. The molecule has 0 fully saturated rings. The second-order valence-corrected chi connectivity index (χ2v) is 5.85. The van der Waals surface area contributed by atoms with Gasteiger partial charge < -0.3 is 19.4 Å². The van der Waals surface area contributed by atoms with Gasteiger partial charge in [-0.1, -0.05) is 11.6 Å². The maximum Gasteiger partial charge on any atom is 0.185 e. The van der Waals surface area contributed by atoms with Gasteiger partial charge >= 0.3 is 0 Å². The van der Waals surface area contributed by atoms with E-state index < -0.39 is 0 Å². The van der Waals surface area contributed by atoms with Crippen LogP contribution in [-0.4, -0.2) is 44.2 Å². The first-order valence-electron chi connectivity index (χ1n) is 7.46. The van der Waals surface area contributed by atoms with Crippen LogP contribution in [0.3, 0.4) is 0 Å². The van der Waals surface area contributed by atoms with E-state index in [4.69, 9.17) is 9.47 Å². The highest BCUT2D eigenvalue weighted by molar-refractivity contribution is 6.10. The number of aryl methyl sites for hydroxylation is 1. The Labute approximate surface area is 130 Å². The first-order valence-corrected chi connectivity index (χ1v) is 7.46. The van der Waals surface area contributed by atoms with Gasteiger partial charge in [0.05, 0.1) is 12.6 Å². The Morgan fingerprint density at radius 2 is 1.91 bits per heavy atom. The third-order valence-electron chi connectivity index (χ3n) is 3.85. The summed E-state index contributed by atoms with van der Waals surface area (Å²) in [6.07, 6.45) is 0. The van der Waals surface area contributed by atoms with Crippen molar-refractivity contribution in [3.05, 3.63) is 35.9 Å². The summed E-state index contributed by atoms with van der Waals surface area (Å²) in [7, 11) is 5.74. The van der Waals surface area contributed by atoms with E-state index in [9.17, 15) is 0 Å². The molecular formula is C18H22N2O2. The van der Waals surface area contributed by atoms with Crippen LogP contribution in [0.15, 0.2) is 30.3 Å². The van der Waals surface area contributed by atoms with Crippen LogP contribution >= 0.6 is 0 Å². The Kier molecular flexibility index (Phi) is 3.94. The molecule has 1 N–H and O–H groups in total. The van der Waals surface area contributed by atoms with E-state index in [1.807, 2.05) is 20.2 Å². The zero-order valence-electron chi connectivity index (χ0n) is 13.6. The zero-order valence-corrected chi connectivity index (χ0v) is 13.6. The lowest BCUT2D eigenvalue weighted by Gasteiger charge is -2.14. The molecule has 2 aromatic carbocycles. The predicted molar refractivity (Wildman–Crippen MR) is 91.1 cm³/mol. The summed E-state index contributed by atoms with van der Waals surface area (Å²) in [4.78, 5) is 5.57. The molecule has 0 amide bonds. The molecule has 4 nitrogen and oxygen atoms in total. The van der Waals surface area contributed by atoms with Crippen LogP contribution in [0.2, 0.25) is 0 Å². The third kappa shape index (κ3) is 2.62. The smallest absolute Gasteiger partial charge is 0.185 e. The normalized spacial score (nSPS) is 11.5. The lowest BCUT2D eigenvalue weighted by molar-refractivity contribution is 0.253. The van der Waals surface area contributed by atoms with Crippen molar-refractivity contribution in [1.82, 2.24) is 9.88 Å². The van der Waals surface area contributed by atoms with E-state index in [-0.39, 0.29) is 0 Å². The molecule has 1 aromatic heterocycles. The van der Waals surface area contributed by atoms with Gasteiger partial charge in [-0.25, -0.2) is 0 Å². The van der Waals surface area contributed by atoms with Gasteiger partial charge in [0.15, 0.2) is 11.5 Å². The minimum Gasteiger partial charge on any atom is -0.493 e. The summed E-state index contributed by atoms with van der Waals surface area (Å²) in [5.74, 6) is 1.55. The molecule has 0 bridgehead atoms. The molecule has 0 saturated heterocycles. The van der Waals surface area contributed by atoms with Crippen LogP contribution in [-0.2, 0) is 0 Å². The van der Waals surface area contributed by atoms with Crippen LogP contribution in [0.5, 0.6) is 11.5 Å². The van der Waals surface area contributed by atoms with Gasteiger partial charge in [0.25, 0.3) is 0 Å². The number of benzene rings is 2. The number of nitrogens with one attached hydrogen (secondary N) is 1. The fourth-order valence-electron chi connectivity index (χ4n) is 2.67. The molecule has 3 rings (SSSR count). The summed E-state index contributed by atoms with van der Waals surface area (Å²) in [6.45, 7) is 3.59. The molecule has 0 atom stereocenters. The van der Waals surface area contributed by atoms with Crippen LogP contribution in [0.4, 0.5) is 0 Å². The number of nitrogens with zero attached hydrogens (tertiary/aromatic N) is 1. The number of hydrogen-bond donors (Lipinski definition) is 1. The molecular weight excluding hydrogens is 276 g/mol. The van der Waals surface area contributed by atoms with E-state index in [1.54, 1.807) is 7.11 Å². The highest BCUT2D eigenvalue weighted by Gasteiger charge is 2.14. The monoisotopic (exact) mass is 298 g/mol. The molecule has 0 radical (unpaired) electrons. The van der Waals surface area contributed by atoms with Gasteiger partial charge in [-0.05, 0) is 45.3 Å². The molecule has 0 aliphatic carbocycles. The SMILES string of the molecule is COc1ccc2c([nH]c3ccc(C)cc32)c1OCCN(C)C. The van der Waals surface area contributed by atoms with Gasteiger partial charge in [-0.3, -0.25) is 0 Å². The van der Waals surface area contributed by atoms with Gasteiger partial charge in [-0.15, -0.1) is 0 Å². The highest BCUT2D eigenvalue weighted by atomic mass is 16.5. The van der Waals surface area contributed by atoms with E-state index in [2.05, 4.69) is 41.1 Å². The van der Waals surface area contributed by atoms with Crippen molar-refractivity contribution in [2.45, 2.75) is 6.92 Å². The molecule has 1 heterocycles. The van der Waals surface area contributed by atoms with E-state index in [0.717, 1.165) is 29.1 Å². The quantitative estimate of drug-likeness (QED) is 0.782. The Morgan fingerprint density at radius 3 is 2.64 bits per heavy atom. The zero-order chi connectivity index (χ0) is 15.7. The fourth-order valence-corrected chi connectivity index (χ4v) is 2.67. The van der Waals surface area contributed by atoms with Crippen molar-refractivity contribution in [2.24, 2.45) is 0 Å². The van der Waals surface area contributed by atoms with E-state index in [1.165, 1.54) is 16.3 Å². The molecule has 116 valence electrons. The number of rotatable bonds is 5. The summed E-state index contributed by atoms with van der Waals surface area (Å²) in [6, 6.07) is 10.5. The van der Waals surface area contributed by atoms with Crippen LogP contribution in [0.25, 0.3) is 21.8 Å². The highest BCUT2D eigenvalue weighted by Crippen LogP contribution is 2.38. The summed E-state index contributed by atoms with van der Waals surface area (Å²) >= 11 is 0. The Hall–Kier alpha value is -2.20. The molecule has 0 unspecified atom stereocenters. The minimum atomic E-state index is 0.622. The fraction of sp³-hybridized carbons (Fsp3) is 0.333. The summed E-state index contributed by atoms with van der Waals surface area (Å²) in [5, 5.41) is 2.38.